The van der Waals surface area contributed by atoms with Crippen LogP contribution in [0.2, 0.25) is 0 Å². The highest BCUT2D eigenvalue weighted by molar-refractivity contribution is 5.89. The highest BCUT2D eigenvalue weighted by Crippen LogP contribution is 2.08. The molecule has 0 radical (unpaired) electrons. The predicted molar refractivity (Wildman–Crippen MR) is 62.3 cm³/mol. The third-order valence-electron chi connectivity index (χ3n) is 2.34. The highest BCUT2D eigenvalue weighted by atomic mass is 16.5. The maximum absolute atomic E-state index is 11.6. The first kappa shape index (κ1) is 12.7. The number of esters is 1. The van der Waals surface area contributed by atoms with Crippen molar-refractivity contribution >= 4 is 5.97 Å². The van der Waals surface area contributed by atoms with Crippen molar-refractivity contribution in [2.24, 2.45) is 0 Å². The molecule has 1 aromatic rings. The van der Waals surface area contributed by atoms with Crippen molar-refractivity contribution in [2.45, 2.75) is 32.3 Å². The van der Waals surface area contributed by atoms with Gasteiger partial charge >= 0.3 is 5.97 Å². The zero-order valence-corrected chi connectivity index (χ0v) is 9.56. The molecule has 1 aromatic carbocycles. The average molecular weight is 222 g/mol. The van der Waals surface area contributed by atoms with Crippen molar-refractivity contribution in [1.29, 1.82) is 0 Å². The van der Waals surface area contributed by atoms with Crippen molar-refractivity contribution in [3.8, 4) is 0 Å². The number of aliphatic hydroxyl groups excluding tert-OH is 1. The van der Waals surface area contributed by atoms with Gasteiger partial charge in [-0.05, 0) is 38.3 Å². The van der Waals surface area contributed by atoms with Gasteiger partial charge in [0.2, 0.25) is 0 Å². The van der Waals surface area contributed by atoms with Crippen LogP contribution >= 0.6 is 0 Å². The van der Waals surface area contributed by atoms with Crippen molar-refractivity contribution < 1.29 is 14.6 Å². The fourth-order valence-corrected chi connectivity index (χ4v) is 1.43. The Morgan fingerprint density at radius 1 is 1.31 bits per heavy atom. The third kappa shape index (κ3) is 4.45. The van der Waals surface area contributed by atoms with E-state index in [1.54, 1.807) is 12.1 Å². The molecule has 0 aliphatic rings. The molecule has 1 atom stereocenters. The van der Waals surface area contributed by atoms with E-state index < -0.39 is 0 Å². The monoisotopic (exact) mass is 222 g/mol. The minimum atomic E-state index is -0.280. The molecule has 0 amide bonds. The van der Waals surface area contributed by atoms with E-state index in [9.17, 15) is 4.79 Å². The van der Waals surface area contributed by atoms with Crippen LogP contribution in [0.5, 0.6) is 0 Å². The molecule has 0 saturated carbocycles. The lowest BCUT2D eigenvalue weighted by molar-refractivity contribution is 0.0317. The van der Waals surface area contributed by atoms with Gasteiger partial charge in [0.05, 0.1) is 11.7 Å². The molecule has 0 spiro atoms. The maximum atomic E-state index is 11.6. The molecule has 3 heteroatoms. The van der Waals surface area contributed by atoms with Gasteiger partial charge in [-0.1, -0.05) is 18.2 Å². The Labute approximate surface area is 96.1 Å². The summed E-state index contributed by atoms with van der Waals surface area (Å²) in [7, 11) is 0. The second kappa shape index (κ2) is 7.01. The number of carbonyl (C=O) groups is 1. The lowest BCUT2D eigenvalue weighted by atomic mass is 10.2. The van der Waals surface area contributed by atoms with Crippen LogP contribution in [0.25, 0.3) is 0 Å². The molecule has 0 aliphatic heterocycles. The maximum Gasteiger partial charge on any atom is 0.338 e. The van der Waals surface area contributed by atoms with Crippen LogP contribution in [-0.2, 0) is 4.74 Å². The summed E-state index contributed by atoms with van der Waals surface area (Å²) >= 11 is 0. The standard InChI is InChI=1S/C13H18O3/c1-11(7-5-6-10-14)16-13(15)12-8-3-2-4-9-12/h2-4,8-9,11,14H,5-7,10H2,1H3/t11-/m0/s1. The van der Waals surface area contributed by atoms with Gasteiger partial charge < -0.3 is 9.84 Å². The Morgan fingerprint density at radius 3 is 2.62 bits per heavy atom. The molecule has 3 nitrogen and oxygen atoms in total. The van der Waals surface area contributed by atoms with Crippen LogP contribution in [0, 0.1) is 0 Å². The predicted octanol–water partition coefficient (Wildman–Crippen LogP) is 2.39. The highest BCUT2D eigenvalue weighted by Gasteiger charge is 2.10. The first-order chi connectivity index (χ1) is 7.74. The van der Waals surface area contributed by atoms with Crippen molar-refractivity contribution in [3.63, 3.8) is 0 Å². The van der Waals surface area contributed by atoms with E-state index in [4.69, 9.17) is 9.84 Å². The Kier molecular flexibility index (Phi) is 5.57. The average Bonchev–Trinajstić information content (AvgIpc) is 2.30. The van der Waals surface area contributed by atoms with E-state index in [1.807, 2.05) is 25.1 Å². The quantitative estimate of drug-likeness (QED) is 0.594. The summed E-state index contributed by atoms with van der Waals surface area (Å²) in [5.74, 6) is -0.280. The Bertz CT molecular complexity index is 308. The van der Waals surface area contributed by atoms with Crippen LogP contribution in [0.4, 0.5) is 0 Å². The van der Waals surface area contributed by atoms with Gasteiger partial charge in [-0.3, -0.25) is 0 Å². The van der Waals surface area contributed by atoms with Gasteiger partial charge in [0, 0.05) is 6.61 Å². The normalized spacial score (nSPS) is 12.1. The number of carbonyl (C=O) groups excluding carboxylic acids is 1. The molecule has 1 rings (SSSR count). The summed E-state index contributed by atoms with van der Waals surface area (Å²) in [4.78, 5) is 11.6. The molecular weight excluding hydrogens is 204 g/mol. The largest absolute Gasteiger partial charge is 0.459 e. The summed E-state index contributed by atoms with van der Waals surface area (Å²) < 4.78 is 5.26. The fraction of sp³-hybridized carbons (Fsp3) is 0.462. The van der Waals surface area contributed by atoms with Crippen LogP contribution < -0.4 is 0 Å². The zero-order chi connectivity index (χ0) is 11.8. The number of hydrogen-bond donors (Lipinski definition) is 1. The molecular formula is C13H18O3. The Balaban J connectivity index is 2.34. The molecule has 0 aromatic heterocycles. The minimum absolute atomic E-state index is 0.0979. The van der Waals surface area contributed by atoms with Gasteiger partial charge in [0.25, 0.3) is 0 Å². The zero-order valence-electron chi connectivity index (χ0n) is 9.56. The SMILES string of the molecule is C[C@@H](CCCCO)OC(=O)c1ccccc1. The van der Waals surface area contributed by atoms with Crippen molar-refractivity contribution in [3.05, 3.63) is 35.9 Å². The van der Waals surface area contributed by atoms with Crippen LogP contribution in [0.15, 0.2) is 30.3 Å². The van der Waals surface area contributed by atoms with Gasteiger partial charge in [0.1, 0.15) is 0 Å². The second-order valence-corrected chi connectivity index (χ2v) is 3.80. The summed E-state index contributed by atoms with van der Waals surface area (Å²) in [6.45, 7) is 2.07. The Morgan fingerprint density at radius 2 is 2.00 bits per heavy atom. The number of benzene rings is 1. The first-order valence-electron chi connectivity index (χ1n) is 5.61. The van der Waals surface area contributed by atoms with Crippen LogP contribution in [0.3, 0.4) is 0 Å². The molecule has 0 heterocycles. The summed E-state index contributed by atoms with van der Waals surface area (Å²) in [6.07, 6.45) is 2.32. The van der Waals surface area contributed by atoms with E-state index in [1.165, 1.54) is 0 Å². The van der Waals surface area contributed by atoms with E-state index in [0.717, 1.165) is 19.3 Å². The number of rotatable bonds is 6. The summed E-state index contributed by atoms with van der Waals surface area (Å²) in [5, 5.41) is 8.63. The molecule has 88 valence electrons. The van der Waals surface area contributed by atoms with E-state index in [-0.39, 0.29) is 18.7 Å². The van der Waals surface area contributed by atoms with Crippen molar-refractivity contribution in [1.82, 2.24) is 0 Å². The first-order valence-corrected chi connectivity index (χ1v) is 5.61. The molecule has 0 bridgehead atoms. The van der Waals surface area contributed by atoms with E-state index in [0.29, 0.717) is 5.56 Å². The van der Waals surface area contributed by atoms with E-state index >= 15 is 0 Å². The summed E-state index contributed by atoms with van der Waals surface area (Å²) in [5.41, 5.74) is 0.580. The van der Waals surface area contributed by atoms with Gasteiger partial charge in [-0.25, -0.2) is 4.79 Å². The summed E-state index contributed by atoms with van der Waals surface area (Å²) in [6, 6.07) is 8.97. The van der Waals surface area contributed by atoms with E-state index in [2.05, 4.69) is 0 Å². The molecule has 0 fully saturated rings. The Hall–Kier alpha value is -1.35. The third-order valence-corrected chi connectivity index (χ3v) is 2.34. The molecule has 16 heavy (non-hydrogen) atoms. The lowest BCUT2D eigenvalue weighted by Gasteiger charge is -2.12. The molecule has 0 aliphatic carbocycles. The number of unbranched alkanes of at least 4 members (excludes halogenated alkanes) is 1. The number of hydrogen-bond acceptors (Lipinski definition) is 3. The molecule has 0 unspecified atom stereocenters. The number of aliphatic hydroxyl groups is 1. The van der Waals surface area contributed by atoms with Crippen LogP contribution in [-0.4, -0.2) is 23.8 Å². The molecule has 1 N–H and O–H groups in total. The molecule has 0 saturated heterocycles. The second-order valence-electron chi connectivity index (χ2n) is 3.80. The van der Waals surface area contributed by atoms with Crippen LogP contribution in [0.1, 0.15) is 36.5 Å². The fourth-order valence-electron chi connectivity index (χ4n) is 1.43. The van der Waals surface area contributed by atoms with Gasteiger partial charge in [0.15, 0.2) is 0 Å². The van der Waals surface area contributed by atoms with Gasteiger partial charge in [-0.2, -0.15) is 0 Å². The lowest BCUT2D eigenvalue weighted by Crippen LogP contribution is -2.15. The minimum Gasteiger partial charge on any atom is -0.459 e. The van der Waals surface area contributed by atoms with Crippen molar-refractivity contribution in [2.75, 3.05) is 6.61 Å². The van der Waals surface area contributed by atoms with Gasteiger partial charge in [-0.15, -0.1) is 0 Å². The topological polar surface area (TPSA) is 46.5 Å². The smallest absolute Gasteiger partial charge is 0.338 e. The number of ether oxygens (including phenoxy) is 1.